The number of hydrogen-bond donors (Lipinski definition) is 2. The van der Waals surface area contributed by atoms with Gasteiger partial charge in [-0.2, -0.15) is 0 Å². The molecule has 0 atom stereocenters. The number of carbonyl (C=O) groups excluding carboxylic acids is 1. The highest BCUT2D eigenvalue weighted by Crippen LogP contribution is 2.32. The molecular formula is C26H25N3O4S2. The third-order valence-corrected chi connectivity index (χ3v) is 7.72. The molecule has 0 saturated carbocycles. The summed E-state index contributed by atoms with van der Waals surface area (Å²) in [5.74, 6) is 0.234. The maximum absolute atomic E-state index is 12.4. The molecule has 0 radical (unpaired) electrons. The van der Waals surface area contributed by atoms with E-state index in [9.17, 15) is 13.2 Å². The number of hydrogen-bond acceptors (Lipinski definition) is 6. The van der Waals surface area contributed by atoms with Crippen LogP contribution in [0.2, 0.25) is 0 Å². The molecule has 0 aliphatic carbocycles. The smallest absolute Gasteiger partial charge is 0.263 e. The van der Waals surface area contributed by atoms with Crippen molar-refractivity contribution in [2.24, 2.45) is 0 Å². The number of aromatic nitrogens is 1. The van der Waals surface area contributed by atoms with Gasteiger partial charge < -0.3 is 10.1 Å². The zero-order chi connectivity index (χ0) is 24.9. The van der Waals surface area contributed by atoms with Crippen molar-refractivity contribution in [1.29, 1.82) is 0 Å². The molecule has 0 saturated heterocycles. The zero-order valence-corrected chi connectivity index (χ0v) is 20.9. The first-order valence-electron chi connectivity index (χ1n) is 10.9. The normalized spacial score (nSPS) is 11.6. The SMILES string of the molecule is CC(C)(c1ccccc1)c1ccc(OCC(=O)Nc2ccc(S(=O)(=O)Nc3nccs3)cc2)cc1. The number of carbonyl (C=O) groups is 1. The summed E-state index contributed by atoms with van der Waals surface area (Å²) >= 11 is 1.19. The summed E-state index contributed by atoms with van der Waals surface area (Å²) in [6.07, 6.45) is 1.52. The van der Waals surface area contributed by atoms with E-state index >= 15 is 0 Å². The minimum absolute atomic E-state index is 0.0699. The number of sulfonamides is 1. The first kappa shape index (κ1) is 24.4. The molecule has 180 valence electrons. The van der Waals surface area contributed by atoms with E-state index in [0.717, 1.165) is 5.56 Å². The van der Waals surface area contributed by atoms with Crippen molar-refractivity contribution in [2.75, 3.05) is 16.6 Å². The maximum atomic E-state index is 12.4. The lowest BCUT2D eigenvalue weighted by molar-refractivity contribution is -0.118. The molecule has 0 unspecified atom stereocenters. The highest BCUT2D eigenvalue weighted by atomic mass is 32.2. The number of nitrogens with zero attached hydrogens (tertiary/aromatic N) is 1. The van der Waals surface area contributed by atoms with Crippen LogP contribution in [0, 0.1) is 0 Å². The highest BCUT2D eigenvalue weighted by molar-refractivity contribution is 7.93. The summed E-state index contributed by atoms with van der Waals surface area (Å²) in [7, 11) is -3.75. The van der Waals surface area contributed by atoms with Crippen LogP contribution in [0.5, 0.6) is 5.75 Å². The summed E-state index contributed by atoms with van der Waals surface area (Å²) in [4.78, 5) is 16.3. The quantitative estimate of drug-likeness (QED) is 0.321. The van der Waals surface area contributed by atoms with Crippen molar-refractivity contribution in [3.05, 3.63) is 102 Å². The number of ether oxygens (including phenoxy) is 1. The van der Waals surface area contributed by atoms with Crippen LogP contribution in [-0.2, 0) is 20.2 Å². The van der Waals surface area contributed by atoms with Gasteiger partial charge in [-0.3, -0.25) is 9.52 Å². The molecule has 35 heavy (non-hydrogen) atoms. The number of rotatable bonds is 9. The summed E-state index contributed by atoms with van der Waals surface area (Å²) in [6, 6.07) is 23.8. The van der Waals surface area contributed by atoms with Gasteiger partial charge in [0.1, 0.15) is 5.75 Å². The number of anilines is 2. The van der Waals surface area contributed by atoms with Gasteiger partial charge in [0.15, 0.2) is 11.7 Å². The Morgan fingerprint density at radius 1 is 0.943 bits per heavy atom. The highest BCUT2D eigenvalue weighted by Gasteiger charge is 2.22. The molecule has 4 rings (SSSR count). The Kier molecular flexibility index (Phi) is 7.18. The third-order valence-electron chi connectivity index (χ3n) is 5.54. The van der Waals surface area contributed by atoms with Crippen LogP contribution in [0.4, 0.5) is 10.8 Å². The molecule has 3 aromatic carbocycles. The molecule has 1 amide bonds. The lowest BCUT2D eigenvalue weighted by Gasteiger charge is -2.26. The Morgan fingerprint density at radius 3 is 2.23 bits per heavy atom. The zero-order valence-electron chi connectivity index (χ0n) is 19.3. The number of thiazole rings is 1. The molecule has 1 aromatic heterocycles. The van der Waals surface area contributed by atoms with Gasteiger partial charge >= 0.3 is 0 Å². The van der Waals surface area contributed by atoms with E-state index in [1.165, 1.54) is 47.4 Å². The number of nitrogens with one attached hydrogen (secondary N) is 2. The fourth-order valence-corrected chi connectivity index (χ4v) is 5.29. The van der Waals surface area contributed by atoms with E-state index in [1.54, 1.807) is 5.38 Å². The van der Waals surface area contributed by atoms with E-state index in [4.69, 9.17) is 4.74 Å². The lowest BCUT2D eigenvalue weighted by Crippen LogP contribution is -2.21. The lowest BCUT2D eigenvalue weighted by atomic mass is 9.78. The minimum Gasteiger partial charge on any atom is -0.484 e. The minimum atomic E-state index is -3.75. The monoisotopic (exact) mass is 507 g/mol. The molecule has 0 spiro atoms. The average molecular weight is 508 g/mol. The summed E-state index contributed by atoms with van der Waals surface area (Å²) in [5, 5.41) is 4.67. The van der Waals surface area contributed by atoms with Crippen molar-refractivity contribution >= 4 is 38.1 Å². The van der Waals surface area contributed by atoms with Crippen molar-refractivity contribution in [2.45, 2.75) is 24.2 Å². The molecule has 1 heterocycles. The van der Waals surface area contributed by atoms with Crippen LogP contribution in [0.15, 0.2) is 95.3 Å². The Morgan fingerprint density at radius 2 is 1.60 bits per heavy atom. The van der Waals surface area contributed by atoms with Gasteiger partial charge in [-0.25, -0.2) is 13.4 Å². The maximum Gasteiger partial charge on any atom is 0.263 e. The molecule has 0 bridgehead atoms. The van der Waals surface area contributed by atoms with Crippen molar-refractivity contribution < 1.29 is 17.9 Å². The van der Waals surface area contributed by atoms with Crippen LogP contribution >= 0.6 is 11.3 Å². The van der Waals surface area contributed by atoms with Crippen molar-refractivity contribution in [3.63, 3.8) is 0 Å². The molecule has 9 heteroatoms. The largest absolute Gasteiger partial charge is 0.484 e. The standard InChI is InChI=1S/C26H25N3O4S2/c1-26(2,19-6-4-3-5-7-19)20-8-12-22(13-9-20)33-18-24(30)28-21-10-14-23(15-11-21)35(31,32)29-25-27-16-17-34-25/h3-17H,18H2,1-2H3,(H,27,29)(H,28,30). The van der Waals surface area contributed by atoms with E-state index < -0.39 is 10.0 Å². The molecule has 4 aromatic rings. The topological polar surface area (TPSA) is 97.4 Å². The Labute approximate surface area is 208 Å². The van der Waals surface area contributed by atoms with E-state index in [-0.39, 0.29) is 28.0 Å². The van der Waals surface area contributed by atoms with Crippen LogP contribution in [-0.4, -0.2) is 25.9 Å². The summed E-state index contributed by atoms with van der Waals surface area (Å²) < 4.78 is 32.8. The second-order valence-electron chi connectivity index (χ2n) is 8.32. The van der Waals surface area contributed by atoms with E-state index in [2.05, 4.69) is 41.0 Å². The van der Waals surface area contributed by atoms with Crippen LogP contribution in [0.3, 0.4) is 0 Å². The number of benzene rings is 3. The van der Waals surface area contributed by atoms with Crippen molar-refractivity contribution in [3.8, 4) is 5.75 Å². The van der Waals surface area contributed by atoms with Gasteiger partial charge in [0.2, 0.25) is 0 Å². The van der Waals surface area contributed by atoms with E-state index in [1.807, 2.05) is 42.5 Å². The fourth-order valence-electron chi connectivity index (χ4n) is 3.50. The van der Waals surface area contributed by atoms with Gasteiger partial charge in [0, 0.05) is 22.7 Å². The van der Waals surface area contributed by atoms with Crippen LogP contribution in [0.1, 0.15) is 25.0 Å². The van der Waals surface area contributed by atoms with Crippen LogP contribution < -0.4 is 14.8 Å². The van der Waals surface area contributed by atoms with Crippen molar-refractivity contribution in [1.82, 2.24) is 4.98 Å². The molecule has 0 fully saturated rings. The second kappa shape index (κ2) is 10.3. The number of amides is 1. The first-order valence-corrected chi connectivity index (χ1v) is 13.2. The average Bonchev–Trinajstić information content (AvgIpc) is 3.36. The fraction of sp³-hybridized carbons (Fsp3) is 0.154. The molecular weight excluding hydrogens is 482 g/mol. The van der Waals surface area contributed by atoms with Gasteiger partial charge in [0.05, 0.1) is 4.90 Å². The van der Waals surface area contributed by atoms with E-state index in [0.29, 0.717) is 11.4 Å². The second-order valence-corrected chi connectivity index (χ2v) is 10.9. The molecule has 0 aliphatic rings. The van der Waals surface area contributed by atoms with Gasteiger partial charge in [0.25, 0.3) is 15.9 Å². The predicted molar refractivity (Wildman–Crippen MR) is 139 cm³/mol. The first-order chi connectivity index (χ1) is 16.7. The molecule has 0 aliphatic heterocycles. The Balaban J connectivity index is 1.31. The molecule has 2 N–H and O–H groups in total. The predicted octanol–water partition coefficient (Wildman–Crippen LogP) is 5.29. The Bertz CT molecular complexity index is 1370. The Hall–Kier alpha value is -3.69. The van der Waals surface area contributed by atoms with Gasteiger partial charge in [-0.15, -0.1) is 11.3 Å². The molecule has 7 nitrogen and oxygen atoms in total. The third kappa shape index (κ3) is 6.06. The summed E-state index contributed by atoms with van der Waals surface area (Å²) in [5.41, 5.74) is 2.66. The van der Waals surface area contributed by atoms with Gasteiger partial charge in [-0.05, 0) is 47.5 Å². The van der Waals surface area contributed by atoms with Gasteiger partial charge in [-0.1, -0.05) is 56.3 Å². The summed E-state index contributed by atoms with van der Waals surface area (Å²) in [6.45, 7) is 4.15. The van der Waals surface area contributed by atoms with Crippen LogP contribution in [0.25, 0.3) is 0 Å².